The third-order valence-corrected chi connectivity index (χ3v) is 7.10. The van der Waals surface area contributed by atoms with Crippen molar-refractivity contribution >= 4 is 17.8 Å². The quantitative estimate of drug-likeness (QED) is 0.272. The van der Waals surface area contributed by atoms with E-state index in [1.54, 1.807) is 25.6 Å². The summed E-state index contributed by atoms with van der Waals surface area (Å²) in [4.78, 5) is 32.7. The van der Waals surface area contributed by atoms with Crippen LogP contribution in [-0.4, -0.2) is 62.8 Å². The molecule has 4 aromatic rings. The van der Waals surface area contributed by atoms with E-state index in [1.807, 2.05) is 64.2 Å². The Bertz CT molecular complexity index is 1380. The topological polar surface area (TPSA) is 105 Å². The number of methoxy groups -OCH3 is 1. The number of hydrogen-bond donors (Lipinski definition) is 2. The first-order valence-corrected chi connectivity index (χ1v) is 13.4. The Morgan fingerprint density at radius 3 is 2.77 bits per heavy atom. The van der Waals surface area contributed by atoms with Gasteiger partial charge in [-0.25, -0.2) is 4.98 Å². The molecule has 2 aromatic carbocycles. The van der Waals surface area contributed by atoms with Gasteiger partial charge in [0.05, 0.1) is 24.5 Å². The number of aryl methyl sites for hydroxylation is 1. The van der Waals surface area contributed by atoms with Gasteiger partial charge in [0.25, 0.3) is 5.91 Å². The van der Waals surface area contributed by atoms with Crippen molar-refractivity contribution in [2.24, 2.45) is 0 Å². The summed E-state index contributed by atoms with van der Waals surface area (Å²) in [6.45, 7) is 1.42. The fourth-order valence-electron chi connectivity index (χ4n) is 5.10. The summed E-state index contributed by atoms with van der Waals surface area (Å²) in [6, 6.07) is 17.4. The van der Waals surface area contributed by atoms with Crippen molar-refractivity contribution in [2.45, 2.75) is 44.6 Å². The molecule has 39 heavy (non-hydrogen) atoms. The van der Waals surface area contributed by atoms with Crippen molar-refractivity contribution < 1.29 is 14.3 Å². The number of ether oxygens (including phenoxy) is 1. The van der Waals surface area contributed by atoms with Gasteiger partial charge in [-0.15, -0.1) is 0 Å². The van der Waals surface area contributed by atoms with E-state index in [4.69, 9.17) is 9.72 Å². The number of aromatic nitrogens is 4. The van der Waals surface area contributed by atoms with E-state index in [1.165, 1.54) is 0 Å². The Labute approximate surface area is 228 Å². The number of rotatable bonds is 11. The maximum atomic E-state index is 13.2. The van der Waals surface area contributed by atoms with Gasteiger partial charge < -0.3 is 9.64 Å². The molecule has 0 spiro atoms. The van der Waals surface area contributed by atoms with Crippen molar-refractivity contribution in [2.75, 3.05) is 25.6 Å². The molecule has 1 aliphatic rings. The maximum Gasteiger partial charge on any atom is 0.258 e. The van der Waals surface area contributed by atoms with Crippen LogP contribution in [0.3, 0.4) is 0 Å². The third-order valence-electron chi connectivity index (χ3n) is 7.10. The number of para-hydroxylation sites is 1. The fraction of sp³-hybridized carbons (Fsp3) is 0.333. The summed E-state index contributed by atoms with van der Waals surface area (Å²) in [5.74, 6) is 0.428. The zero-order valence-electron chi connectivity index (χ0n) is 22.2. The zero-order valence-corrected chi connectivity index (χ0v) is 22.2. The number of nitrogens with one attached hydrogen (secondary N) is 2. The standard InChI is InChI=1S/C30H34N6O3/c1-39-21-27-14-8-16-35(27)28(37)15-6-5-11-25-20-36(26-12-3-2-4-13-26)30(33-25)34-29(38)23-10-7-9-22(17-23)24-18-31-32-19-24/h2-4,7,9-10,12-13,17-20,27H,5-6,8,11,14-16,21H2,1H3,(H,31,32)(H,33,34,38). The molecule has 0 bridgehead atoms. The molecule has 0 radical (unpaired) electrons. The first-order valence-electron chi connectivity index (χ1n) is 13.4. The van der Waals surface area contributed by atoms with E-state index in [0.29, 0.717) is 31.0 Å². The number of amides is 2. The van der Waals surface area contributed by atoms with E-state index in [2.05, 4.69) is 15.5 Å². The Balaban J connectivity index is 1.25. The molecule has 1 atom stereocenters. The van der Waals surface area contributed by atoms with Crippen molar-refractivity contribution in [1.29, 1.82) is 0 Å². The third kappa shape index (κ3) is 6.43. The lowest BCUT2D eigenvalue weighted by molar-refractivity contribution is -0.133. The number of carbonyl (C=O) groups excluding carboxylic acids is 2. The van der Waals surface area contributed by atoms with Gasteiger partial charge in [-0.1, -0.05) is 30.3 Å². The predicted octanol–water partition coefficient (Wildman–Crippen LogP) is 4.86. The van der Waals surface area contributed by atoms with Crippen LogP contribution in [0.5, 0.6) is 0 Å². The summed E-state index contributed by atoms with van der Waals surface area (Å²) in [7, 11) is 1.69. The number of nitrogens with zero attached hydrogens (tertiary/aromatic N) is 4. The molecule has 1 unspecified atom stereocenters. The highest BCUT2D eigenvalue weighted by molar-refractivity contribution is 6.04. The van der Waals surface area contributed by atoms with E-state index >= 15 is 0 Å². The van der Waals surface area contributed by atoms with Gasteiger partial charge in [-0.3, -0.25) is 24.6 Å². The molecule has 2 N–H and O–H groups in total. The molecule has 2 amide bonds. The van der Waals surface area contributed by atoms with Gasteiger partial charge in [0.1, 0.15) is 0 Å². The summed E-state index contributed by atoms with van der Waals surface area (Å²) in [5, 5.41) is 9.80. The second-order valence-corrected chi connectivity index (χ2v) is 9.83. The van der Waals surface area contributed by atoms with Crippen LogP contribution in [0.1, 0.15) is 48.2 Å². The number of hydrogen-bond acceptors (Lipinski definition) is 5. The van der Waals surface area contributed by atoms with E-state index in [-0.39, 0.29) is 17.9 Å². The molecular weight excluding hydrogens is 492 g/mol. The summed E-state index contributed by atoms with van der Waals surface area (Å²) < 4.78 is 7.18. The summed E-state index contributed by atoms with van der Waals surface area (Å²) in [5.41, 5.74) is 4.13. The van der Waals surface area contributed by atoms with E-state index in [0.717, 1.165) is 54.7 Å². The normalized spacial score (nSPS) is 15.0. The van der Waals surface area contributed by atoms with Crippen molar-refractivity contribution in [1.82, 2.24) is 24.6 Å². The van der Waals surface area contributed by atoms with Gasteiger partial charge in [-0.05, 0) is 61.9 Å². The number of benzene rings is 2. The lowest BCUT2D eigenvalue weighted by atomic mass is 10.1. The van der Waals surface area contributed by atoms with Crippen LogP contribution in [0.2, 0.25) is 0 Å². The Kier molecular flexibility index (Phi) is 8.48. The lowest BCUT2D eigenvalue weighted by Gasteiger charge is -2.24. The van der Waals surface area contributed by atoms with E-state index in [9.17, 15) is 9.59 Å². The van der Waals surface area contributed by atoms with Crippen LogP contribution < -0.4 is 5.32 Å². The Morgan fingerprint density at radius 2 is 1.97 bits per heavy atom. The summed E-state index contributed by atoms with van der Waals surface area (Å²) >= 11 is 0. The molecule has 5 rings (SSSR count). The maximum absolute atomic E-state index is 13.2. The van der Waals surface area contributed by atoms with Crippen molar-refractivity contribution in [3.05, 3.63) is 84.4 Å². The monoisotopic (exact) mass is 526 g/mol. The van der Waals surface area contributed by atoms with Gasteiger partial charge in [-0.2, -0.15) is 5.10 Å². The van der Waals surface area contributed by atoms with Crippen LogP contribution in [0.4, 0.5) is 5.95 Å². The Morgan fingerprint density at radius 1 is 1.10 bits per heavy atom. The number of carbonyl (C=O) groups is 2. The molecule has 3 heterocycles. The fourth-order valence-corrected chi connectivity index (χ4v) is 5.10. The first kappa shape index (κ1) is 26.4. The van der Waals surface area contributed by atoms with E-state index < -0.39 is 0 Å². The van der Waals surface area contributed by atoms with Crippen LogP contribution in [0.15, 0.2) is 73.2 Å². The molecule has 0 saturated carbocycles. The number of unbranched alkanes of at least 4 members (excludes halogenated alkanes) is 1. The molecule has 202 valence electrons. The molecule has 1 fully saturated rings. The largest absolute Gasteiger partial charge is 0.383 e. The van der Waals surface area contributed by atoms with Crippen molar-refractivity contribution in [3.63, 3.8) is 0 Å². The van der Waals surface area contributed by atoms with Crippen LogP contribution in [0, 0.1) is 0 Å². The van der Waals surface area contributed by atoms with Crippen LogP contribution >= 0.6 is 0 Å². The Hall–Kier alpha value is -4.24. The summed E-state index contributed by atoms with van der Waals surface area (Å²) in [6.07, 6.45) is 10.4. The average molecular weight is 527 g/mol. The highest BCUT2D eigenvalue weighted by atomic mass is 16.5. The minimum Gasteiger partial charge on any atom is -0.383 e. The predicted molar refractivity (Wildman–Crippen MR) is 150 cm³/mol. The SMILES string of the molecule is COCC1CCCN1C(=O)CCCCc1cn(-c2ccccc2)c(NC(=O)c2cccc(-c3cn[nH]c3)c2)n1. The first-order chi connectivity index (χ1) is 19.1. The van der Waals surface area contributed by atoms with Crippen LogP contribution in [0.25, 0.3) is 16.8 Å². The molecule has 0 aliphatic carbocycles. The highest BCUT2D eigenvalue weighted by Crippen LogP contribution is 2.23. The minimum absolute atomic E-state index is 0.204. The number of likely N-dealkylation sites (tertiary alicyclic amines) is 1. The lowest BCUT2D eigenvalue weighted by Crippen LogP contribution is -2.37. The second kappa shape index (κ2) is 12.5. The molecule has 2 aromatic heterocycles. The smallest absolute Gasteiger partial charge is 0.258 e. The molecular formula is C30H34N6O3. The number of imidazole rings is 1. The van der Waals surface area contributed by atoms with Gasteiger partial charge in [0.15, 0.2) is 0 Å². The van der Waals surface area contributed by atoms with Gasteiger partial charge >= 0.3 is 0 Å². The van der Waals surface area contributed by atoms with Crippen LogP contribution in [-0.2, 0) is 16.0 Å². The molecule has 9 nitrogen and oxygen atoms in total. The second-order valence-electron chi connectivity index (χ2n) is 9.83. The minimum atomic E-state index is -0.239. The average Bonchev–Trinajstić information content (AvgIpc) is 3.74. The zero-order chi connectivity index (χ0) is 27.0. The van der Waals surface area contributed by atoms with Crippen molar-refractivity contribution in [3.8, 4) is 16.8 Å². The number of aromatic amines is 1. The number of anilines is 1. The molecule has 1 saturated heterocycles. The van der Waals surface area contributed by atoms with Gasteiger partial charge in [0, 0.05) is 49.3 Å². The highest BCUT2D eigenvalue weighted by Gasteiger charge is 2.28. The number of H-pyrrole nitrogens is 1. The molecule has 9 heteroatoms. The van der Waals surface area contributed by atoms with Gasteiger partial charge in [0.2, 0.25) is 11.9 Å². The molecule has 1 aliphatic heterocycles.